The smallest absolute Gasteiger partial charge is 0.335 e. The van der Waals surface area contributed by atoms with Crippen LogP contribution in [0.5, 0.6) is 0 Å². The van der Waals surface area contributed by atoms with Gasteiger partial charge >= 0.3 is 6.18 Å². The molecule has 1 atom stereocenters. The lowest BCUT2D eigenvalue weighted by molar-refractivity contribution is -0.138. The van der Waals surface area contributed by atoms with Crippen LogP contribution in [0.15, 0.2) is 36.7 Å². The third-order valence-corrected chi connectivity index (χ3v) is 3.37. The van der Waals surface area contributed by atoms with Crippen LogP contribution in [0.2, 0.25) is 0 Å². The molecule has 0 aliphatic carbocycles. The zero-order valence-electron chi connectivity index (χ0n) is 11.6. The summed E-state index contributed by atoms with van der Waals surface area (Å²) in [5.41, 5.74) is 1.91. The predicted octanol–water partition coefficient (Wildman–Crippen LogP) is 2.67. The Kier molecular flexibility index (Phi) is 4.64. The number of nitrogens with one attached hydrogen (secondary N) is 1. The second kappa shape index (κ2) is 6.28. The van der Waals surface area contributed by atoms with Gasteiger partial charge in [-0.3, -0.25) is 11.3 Å². The molecular formula is C14H17F3N4. The highest BCUT2D eigenvalue weighted by atomic mass is 19.4. The number of rotatable bonds is 5. The number of halogens is 3. The number of aryl methyl sites for hydroxylation is 1. The van der Waals surface area contributed by atoms with Crippen LogP contribution in [-0.4, -0.2) is 9.55 Å². The summed E-state index contributed by atoms with van der Waals surface area (Å²) in [6.07, 6.45) is -0.711. The number of nitrogens with two attached hydrogens (primary N) is 1. The lowest BCUT2D eigenvalue weighted by atomic mass is 9.97. The number of benzene rings is 1. The maximum Gasteiger partial charge on any atom is 0.416 e. The molecule has 0 aliphatic heterocycles. The highest BCUT2D eigenvalue weighted by Crippen LogP contribution is 2.35. The summed E-state index contributed by atoms with van der Waals surface area (Å²) in [5, 5.41) is 0. The van der Waals surface area contributed by atoms with E-state index in [0.29, 0.717) is 12.4 Å². The molecule has 2 rings (SSSR count). The van der Waals surface area contributed by atoms with Crippen molar-refractivity contribution < 1.29 is 13.2 Å². The van der Waals surface area contributed by atoms with Gasteiger partial charge in [0, 0.05) is 25.4 Å². The Bertz CT molecular complexity index is 592. The molecular weight excluding hydrogens is 281 g/mol. The molecule has 0 saturated carbocycles. The van der Waals surface area contributed by atoms with E-state index in [1.54, 1.807) is 18.5 Å². The first-order valence-electron chi connectivity index (χ1n) is 6.59. The Morgan fingerprint density at radius 1 is 1.33 bits per heavy atom. The maximum absolute atomic E-state index is 13.1. The zero-order valence-corrected chi connectivity index (χ0v) is 11.6. The first-order valence-corrected chi connectivity index (χ1v) is 6.59. The minimum Gasteiger partial charge on any atom is -0.335 e. The molecule has 3 N–H and O–H groups in total. The quantitative estimate of drug-likeness (QED) is 0.659. The molecule has 0 aliphatic rings. The Hall–Kier alpha value is -1.86. The van der Waals surface area contributed by atoms with Gasteiger partial charge in [0.05, 0.1) is 11.6 Å². The molecule has 1 heterocycles. The largest absolute Gasteiger partial charge is 0.416 e. The Morgan fingerprint density at radius 3 is 2.67 bits per heavy atom. The van der Waals surface area contributed by atoms with E-state index in [0.717, 1.165) is 6.07 Å². The van der Waals surface area contributed by atoms with Crippen molar-refractivity contribution >= 4 is 0 Å². The summed E-state index contributed by atoms with van der Waals surface area (Å²) in [6, 6.07) is 4.78. The normalized spacial score (nSPS) is 13.4. The molecule has 0 amide bonds. The monoisotopic (exact) mass is 298 g/mol. The van der Waals surface area contributed by atoms with Crippen molar-refractivity contribution in [3.05, 3.63) is 53.6 Å². The van der Waals surface area contributed by atoms with Gasteiger partial charge in [0.25, 0.3) is 0 Å². The minimum atomic E-state index is -4.41. The summed E-state index contributed by atoms with van der Waals surface area (Å²) >= 11 is 0. The number of nitrogens with zero attached hydrogens (tertiary/aromatic N) is 2. The van der Waals surface area contributed by atoms with Gasteiger partial charge in [0.15, 0.2) is 0 Å². The molecule has 1 unspecified atom stereocenters. The molecule has 1 aromatic carbocycles. The molecule has 4 nitrogen and oxygen atoms in total. The van der Waals surface area contributed by atoms with Crippen LogP contribution in [-0.2, 0) is 19.1 Å². The topological polar surface area (TPSA) is 55.9 Å². The lowest BCUT2D eigenvalue weighted by Gasteiger charge is -2.21. The van der Waals surface area contributed by atoms with Crippen molar-refractivity contribution in [2.45, 2.75) is 32.1 Å². The van der Waals surface area contributed by atoms with Gasteiger partial charge < -0.3 is 4.57 Å². The van der Waals surface area contributed by atoms with Crippen LogP contribution in [0.25, 0.3) is 0 Å². The van der Waals surface area contributed by atoms with Gasteiger partial charge in [-0.05, 0) is 18.6 Å². The van der Waals surface area contributed by atoms with Crippen molar-refractivity contribution in [1.82, 2.24) is 15.0 Å². The second-order valence-corrected chi connectivity index (χ2v) is 4.64. The maximum atomic E-state index is 13.1. The van der Waals surface area contributed by atoms with Crippen LogP contribution >= 0.6 is 0 Å². The Labute approximate surface area is 120 Å². The van der Waals surface area contributed by atoms with Crippen molar-refractivity contribution in [3.63, 3.8) is 0 Å². The molecule has 0 radical (unpaired) electrons. The number of hydrogen-bond donors (Lipinski definition) is 2. The standard InChI is InChI=1S/C14H17F3N4/c1-2-21-8-7-19-13(21)9-12(20-18)10-5-3-4-6-11(10)14(15,16)17/h3-8,12,20H,2,9,18H2,1H3. The van der Waals surface area contributed by atoms with Crippen LogP contribution in [0, 0.1) is 0 Å². The van der Waals surface area contributed by atoms with E-state index in [4.69, 9.17) is 5.84 Å². The highest BCUT2D eigenvalue weighted by Gasteiger charge is 2.35. The number of hydrogen-bond acceptors (Lipinski definition) is 3. The predicted molar refractivity (Wildman–Crippen MR) is 73.1 cm³/mol. The van der Waals surface area contributed by atoms with E-state index >= 15 is 0 Å². The first kappa shape index (κ1) is 15.5. The SMILES string of the molecule is CCn1ccnc1CC(NN)c1ccccc1C(F)(F)F. The van der Waals surface area contributed by atoms with E-state index in [1.165, 1.54) is 12.1 Å². The highest BCUT2D eigenvalue weighted by molar-refractivity contribution is 5.33. The van der Waals surface area contributed by atoms with Crippen molar-refractivity contribution in [3.8, 4) is 0 Å². The number of aromatic nitrogens is 2. The van der Waals surface area contributed by atoms with Gasteiger partial charge in [-0.1, -0.05) is 18.2 Å². The van der Waals surface area contributed by atoms with E-state index < -0.39 is 17.8 Å². The molecule has 114 valence electrons. The summed E-state index contributed by atoms with van der Waals surface area (Å²) in [7, 11) is 0. The fourth-order valence-electron chi connectivity index (χ4n) is 2.32. The van der Waals surface area contributed by atoms with Crippen molar-refractivity contribution in [2.24, 2.45) is 5.84 Å². The second-order valence-electron chi connectivity index (χ2n) is 4.64. The van der Waals surface area contributed by atoms with E-state index in [-0.39, 0.29) is 12.0 Å². The molecule has 0 saturated heterocycles. The van der Waals surface area contributed by atoms with Crippen LogP contribution in [0.3, 0.4) is 0 Å². The molecule has 21 heavy (non-hydrogen) atoms. The lowest BCUT2D eigenvalue weighted by Crippen LogP contribution is -2.32. The molecule has 2 aromatic rings. The summed E-state index contributed by atoms with van der Waals surface area (Å²) in [5.74, 6) is 6.16. The third-order valence-electron chi connectivity index (χ3n) is 3.37. The molecule has 0 spiro atoms. The average molecular weight is 298 g/mol. The summed E-state index contributed by atoms with van der Waals surface area (Å²) < 4.78 is 41.1. The fourth-order valence-corrected chi connectivity index (χ4v) is 2.32. The molecule has 0 fully saturated rings. The van der Waals surface area contributed by atoms with Gasteiger partial charge in [-0.15, -0.1) is 0 Å². The summed E-state index contributed by atoms with van der Waals surface area (Å²) in [4.78, 5) is 4.18. The summed E-state index contributed by atoms with van der Waals surface area (Å²) in [6.45, 7) is 2.65. The molecule has 0 bridgehead atoms. The number of alkyl halides is 3. The zero-order chi connectivity index (χ0) is 15.5. The van der Waals surface area contributed by atoms with Crippen LogP contribution < -0.4 is 11.3 Å². The first-order chi connectivity index (χ1) is 9.97. The average Bonchev–Trinajstić information content (AvgIpc) is 2.91. The van der Waals surface area contributed by atoms with E-state index in [1.807, 2.05) is 11.5 Å². The molecule has 1 aromatic heterocycles. The van der Waals surface area contributed by atoms with Crippen molar-refractivity contribution in [2.75, 3.05) is 0 Å². The van der Waals surface area contributed by atoms with Crippen LogP contribution in [0.1, 0.15) is 29.9 Å². The van der Waals surface area contributed by atoms with Crippen molar-refractivity contribution in [1.29, 1.82) is 0 Å². The van der Waals surface area contributed by atoms with Gasteiger partial charge in [-0.2, -0.15) is 13.2 Å². The number of imidazole rings is 1. The van der Waals surface area contributed by atoms with E-state index in [2.05, 4.69) is 10.4 Å². The van der Waals surface area contributed by atoms with Gasteiger partial charge in [0.2, 0.25) is 0 Å². The Morgan fingerprint density at radius 2 is 2.05 bits per heavy atom. The minimum absolute atomic E-state index is 0.123. The molecule has 7 heteroatoms. The van der Waals surface area contributed by atoms with Gasteiger partial charge in [0.1, 0.15) is 5.82 Å². The van der Waals surface area contributed by atoms with Crippen LogP contribution in [0.4, 0.5) is 13.2 Å². The number of hydrazine groups is 1. The van der Waals surface area contributed by atoms with E-state index in [9.17, 15) is 13.2 Å². The fraction of sp³-hybridized carbons (Fsp3) is 0.357. The Balaban J connectivity index is 2.34. The third kappa shape index (κ3) is 3.43. The van der Waals surface area contributed by atoms with Gasteiger partial charge in [-0.25, -0.2) is 4.98 Å².